The molecule has 2 aromatic carbocycles. The molecule has 7 heteroatoms. The van der Waals surface area contributed by atoms with Crippen molar-refractivity contribution in [2.75, 3.05) is 32.7 Å². The maximum atomic E-state index is 12.7. The summed E-state index contributed by atoms with van der Waals surface area (Å²) in [6.45, 7) is 6.61. The number of carbonyl (C=O) groups excluding carboxylic acids is 1. The van der Waals surface area contributed by atoms with Crippen LogP contribution in [0.5, 0.6) is 0 Å². The predicted molar refractivity (Wildman–Crippen MR) is 109 cm³/mol. The van der Waals surface area contributed by atoms with E-state index in [-0.39, 0.29) is 12.5 Å². The molecule has 28 heavy (non-hydrogen) atoms. The van der Waals surface area contributed by atoms with Crippen molar-refractivity contribution in [3.05, 3.63) is 65.2 Å². The van der Waals surface area contributed by atoms with Gasteiger partial charge in [-0.15, -0.1) is 0 Å². The molecular formula is C21H27N3O3S. The van der Waals surface area contributed by atoms with Crippen molar-refractivity contribution in [3.63, 3.8) is 0 Å². The van der Waals surface area contributed by atoms with Crippen molar-refractivity contribution >= 4 is 15.9 Å². The zero-order valence-electron chi connectivity index (χ0n) is 16.4. The fraction of sp³-hybridized carbons (Fsp3) is 0.381. The van der Waals surface area contributed by atoms with Crippen molar-refractivity contribution in [2.45, 2.75) is 25.3 Å². The van der Waals surface area contributed by atoms with Gasteiger partial charge in [0.2, 0.25) is 15.9 Å². The minimum Gasteiger partial charge on any atom is -0.351 e. The van der Waals surface area contributed by atoms with Gasteiger partial charge in [0.1, 0.15) is 0 Å². The summed E-state index contributed by atoms with van der Waals surface area (Å²) in [6, 6.07) is 15.0. The third-order valence-electron chi connectivity index (χ3n) is 4.97. The van der Waals surface area contributed by atoms with Crippen molar-refractivity contribution in [1.29, 1.82) is 0 Å². The first-order chi connectivity index (χ1) is 13.3. The summed E-state index contributed by atoms with van der Waals surface area (Å²) in [5, 5.41) is 2.93. The van der Waals surface area contributed by atoms with Crippen molar-refractivity contribution < 1.29 is 13.2 Å². The molecule has 0 saturated carbocycles. The zero-order valence-corrected chi connectivity index (χ0v) is 17.2. The number of aryl methyl sites for hydroxylation is 2. The van der Waals surface area contributed by atoms with Crippen LogP contribution in [0.1, 0.15) is 16.7 Å². The van der Waals surface area contributed by atoms with E-state index in [4.69, 9.17) is 0 Å². The van der Waals surface area contributed by atoms with Crippen LogP contribution in [0.25, 0.3) is 0 Å². The number of hydrogen-bond donors (Lipinski definition) is 1. The van der Waals surface area contributed by atoms with E-state index in [2.05, 4.69) is 5.32 Å². The first kappa shape index (κ1) is 20.5. The Morgan fingerprint density at radius 2 is 1.43 bits per heavy atom. The fourth-order valence-electron chi connectivity index (χ4n) is 3.15. The van der Waals surface area contributed by atoms with Gasteiger partial charge in [0.05, 0.1) is 11.4 Å². The standard InChI is InChI=1S/C21H27N3O3S/c1-17-3-7-19(8-4-17)15-22-21(25)16-23-11-13-24(14-12-23)28(26,27)20-9-5-18(2)6-10-20/h3-10H,11-16H2,1-2H3,(H,22,25). The van der Waals surface area contributed by atoms with E-state index < -0.39 is 10.0 Å². The number of rotatable bonds is 6. The Hall–Kier alpha value is -2.22. The normalized spacial score (nSPS) is 16.1. The molecule has 1 heterocycles. The third kappa shape index (κ3) is 5.19. The summed E-state index contributed by atoms with van der Waals surface area (Å²) in [4.78, 5) is 14.5. The topological polar surface area (TPSA) is 69.7 Å². The molecule has 3 rings (SSSR count). The van der Waals surface area contributed by atoms with Gasteiger partial charge in [-0.1, -0.05) is 47.5 Å². The predicted octanol–water partition coefficient (Wildman–Crippen LogP) is 1.93. The van der Waals surface area contributed by atoms with Gasteiger partial charge in [0.25, 0.3) is 0 Å². The van der Waals surface area contributed by atoms with Crippen molar-refractivity contribution in [3.8, 4) is 0 Å². The maximum Gasteiger partial charge on any atom is 0.243 e. The van der Waals surface area contributed by atoms with Crippen LogP contribution in [0.4, 0.5) is 0 Å². The number of benzene rings is 2. The number of hydrogen-bond acceptors (Lipinski definition) is 4. The fourth-order valence-corrected chi connectivity index (χ4v) is 4.58. The first-order valence-electron chi connectivity index (χ1n) is 9.46. The highest BCUT2D eigenvalue weighted by atomic mass is 32.2. The average Bonchev–Trinajstić information content (AvgIpc) is 2.68. The molecule has 0 atom stereocenters. The quantitative estimate of drug-likeness (QED) is 0.803. The van der Waals surface area contributed by atoms with Gasteiger partial charge in [-0.3, -0.25) is 9.69 Å². The molecule has 0 aromatic heterocycles. The van der Waals surface area contributed by atoms with Crippen LogP contribution in [0.15, 0.2) is 53.4 Å². The molecule has 0 spiro atoms. The van der Waals surface area contributed by atoms with Crippen molar-refractivity contribution in [2.24, 2.45) is 0 Å². The van der Waals surface area contributed by atoms with Crippen LogP contribution in [0.3, 0.4) is 0 Å². The van der Waals surface area contributed by atoms with Gasteiger partial charge < -0.3 is 5.32 Å². The number of carbonyl (C=O) groups is 1. The number of nitrogens with one attached hydrogen (secondary N) is 1. The summed E-state index contributed by atoms with van der Waals surface area (Å²) in [5.74, 6) is -0.0459. The van der Waals surface area contributed by atoms with E-state index in [0.29, 0.717) is 37.6 Å². The van der Waals surface area contributed by atoms with E-state index in [9.17, 15) is 13.2 Å². The Morgan fingerprint density at radius 3 is 2.00 bits per heavy atom. The minimum absolute atomic E-state index is 0.0459. The van der Waals surface area contributed by atoms with Crippen LogP contribution < -0.4 is 5.32 Å². The summed E-state index contributed by atoms with van der Waals surface area (Å²) >= 11 is 0. The Labute approximate surface area is 167 Å². The maximum absolute atomic E-state index is 12.7. The molecule has 150 valence electrons. The molecule has 0 aliphatic carbocycles. The van der Waals surface area contributed by atoms with Gasteiger partial charge in [0, 0.05) is 32.7 Å². The lowest BCUT2D eigenvalue weighted by Gasteiger charge is -2.33. The first-order valence-corrected chi connectivity index (χ1v) is 10.9. The van der Waals surface area contributed by atoms with Crippen molar-refractivity contribution in [1.82, 2.24) is 14.5 Å². The minimum atomic E-state index is -3.47. The number of sulfonamides is 1. The lowest BCUT2D eigenvalue weighted by molar-refractivity contribution is -0.122. The summed E-state index contributed by atoms with van der Waals surface area (Å²) in [5.41, 5.74) is 3.28. The molecule has 1 amide bonds. The van der Waals surface area contributed by atoms with Gasteiger partial charge in [-0.25, -0.2) is 8.42 Å². The summed E-state index contributed by atoms with van der Waals surface area (Å²) < 4.78 is 27.0. The largest absolute Gasteiger partial charge is 0.351 e. The van der Waals surface area contributed by atoms with Crippen LogP contribution >= 0.6 is 0 Å². The van der Waals surface area contributed by atoms with Gasteiger partial charge in [-0.05, 0) is 31.5 Å². The highest BCUT2D eigenvalue weighted by Gasteiger charge is 2.28. The molecule has 2 aromatic rings. The van der Waals surface area contributed by atoms with Crippen LogP contribution in [0, 0.1) is 13.8 Å². The van der Waals surface area contributed by atoms with Gasteiger partial charge in [0.15, 0.2) is 0 Å². The van der Waals surface area contributed by atoms with Gasteiger partial charge in [-0.2, -0.15) is 4.31 Å². The lowest BCUT2D eigenvalue weighted by Crippen LogP contribution is -2.50. The van der Waals surface area contributed by atoms with E-state index in [1.54, 1.807) is 12.1 Å². The smallest absolute Gasteiger partial charge is 0.243 e. The van der Waals surface area contributed by atoms with E-state index in [1.807, 2.05) is 55.1 Å². The monoisotopic (exact) mass is 401 g/mol. The van der Waals surface area contributed by atoms with Crippen LogP contribution in [0.2, 0.25) is 0 Å². The molecule has 1 aliphatic heterocycles. The molecule has 1 saturated heterocycles. The second-order valence-electron chi connectivity index (χ2n) is 7.26. The molecule has 1 aliphatic rings. The Bertz CT molecular complexity index is 901. The number of amides is 1. The van der Waals surface area contributed by atoms with E-state index in [1.165, 1.54) is 9.87 Å². The second kappa shape index (κ2) is 8.86. The summed E-state index contributed by atoms with van der Waals surface area (Å²) in [6.07, 6.45) is 0. The summed E-state index contributed by atoms with van der Waals surface area (Å²) in [7, 11) is -3.47. The molecular weight excluding hydrogens is 374 g/mol. The lowest BCUT2D eigenvalue weighted by atomic mass is 10.1. The average molecular weight is 402 g/mol. The van der Waals surface area contributed by atoms with Gasteiger partial charge >= 0.3 is 0 Å². The highest BCUT2D eigenvalue weighted by Crippen LogP contribution is 2.18. The highest BCUT2D eigenvalue weighted by molar-refractivity contribution is 7.89. The van der Waals surface area contributed by atoms with Crippen LogP contribution in [-0.4, -0.2) is 56.3 Å². The SMILES string of the molecule is Cc1ccc(CNC(=O)CN2CCN(S(=O)(=O)c3ccc(C)cc3)CC2)cc1. The molecule has 1 fully saturated rings. The van der Waals surface area contributed by atoms with E-state index >= 15 is 0 Å². The molecule has 0 bridgehead atoms. The Morgan fingerprint density at radius 1 is 0.893 bits per heavy atom. The molecule has 0 unspecified atom stereocenters. The Balaban J connectivity index is 1.47. The molecule has 6 nitrogen and oxygen atoms in total. The zero-order chi connectivity index (χ0) is 20.1. The van der Waals surface area contributed by atoms with Crippen LogP contribution in [-0.2, 0) is 21.4 Å². The molecule has 1 N–H and O–H groups in total. The molecule has 0 radical (unpaired) electrons. The van der Waals surface area contributed by atoms with E-state index in [0.717, 1.165) is 11.1 Å². The Kier molecular flexibility index (Phi) is 6.49. The number of piperazine rings is 1. The number of nitrogens with zero attached hydrogens (tertiary/aromatic N) is 2. The second-order valence-corrected chi connectivity index (χ2v) is 9.19. The third-order valence-corrected chi connectivity index (χ3v) is 6.88.